The van der Waals surface area contributed by atoms with Crippen LogP contribution in [0.4, 0.5) is 16.5 Å². The second-order valence-electron chi connectivity index (χ2n) is 6.93. The molecule has 3 aromatic carbocycles. The van der Waals surface area contributed by atoms with Gasteiger partial charge in [-0.3, -0.25) is 25.0 Å². The molecular weight excluding hydrogens is 442 g/mol. The van der Waals surface area contributed by atoms with Crippen molar-refractivity contribution in [1.29, 1.82) is 0 Å². The summed E-state index contributed by atoms with van der Waals surface area (Å²) < 4.78 is 0. The Labute approximate surface area is 192 Å². The highest BCUT2D eigenvalue weighted by Gasteiger charge is 2.16. The highest BCUT2D eigenvalue weighted by Crippen LogP contribution is 2.28. The van der Waals surface area contributed by atoms with Crippen molar-refractivity contribution in [3.8, 4) is 10.6 Å². The Morgan fingerprint density at radius 3 is 2.30 bits per heavy atom. The molecule has 10 heteroatoms. The number of nitro benzene ring substituents is 1. The van der Waals surface area contributed by atoms with Gasteiger partial charge in [-0.05, 0) is 29.8 Å². The number of aromatic nitrogens is 2. The van der Waals surface area contributed by atoms with Gasteiger partial charge in [-0.25, -0.2) is 0 Å². The van der Waals surface area contributed by atoms with Crippen molar-refractivity contribution < 1.29 is 14.5 Å². The molecule has 0 bridgehead atoms. The monoisotopic (exact) mass is 459 g/mol. The molecule has 0 unspecified atom stereocenters. The lowest BCUT2D eigenvalue weighted by Crippen LogP contribution is -2.19. The first-order valence-electron chi connectivity index (χ1n) is 9.82. The molecule has 0 saturated carbocycles. The van der Waals surface area contributed by atoms with Crippen molar-refractivity contribution in [1.82, 2.24) is 10.2 Å². The van der Waals surface area contributed by atoms with Crippen molar-refractivity contribution in [2.45, 2.75) is 6.42 Å². The Balaban J connectivity index is 1.45. The number of amides is 2. The standard InChI is InChI=1S/C23H17N5O4S/c29-20(14-15-6-2-1-3-7-15)24-19-9-5-4-8-18(19)21(30)25-23-27-26-22(33-23)16-10-12-17(13-11-16)28(31)32/h1-13H,14H2,(H,24,29)(H,25,27,30). The zero-order valence-corrected chi connectivity index (χ0v) is 17.9. The summed E-state index contributed by atoms with van der Waals surface area (Å²) in [5.74, 6) is -0.685. The molecule has 1 aromatic heterocycles. The molecule has 0 atom stereocenters. The molecule has 2 N–H and O–H groups in total. The third kappa shape index (κ3) is 5.43. The van der Waals surface area contributed by atoms with Crippen LogP contribution in [0.5, 0.6) is 0 Å². The summed E-state index contributed by atoms with van der Waals surface area (Å²) >= 11 is 1.13. The number of rotatable bonds is 7. The Morgan fingerprint density at radius 1 is 0.879 bits per heavy atom. The van der Waals surface area contributed by atoms with E-state index in [0.717, 1.165) is 16.9 Å². The van der Waals surface area contributed by atoms with E-state index >= 15 is 0 Å². The summed E-state index contributed by atoms with van der Waals surface area (Å²) in [4.78, 5) is 35.6. The minimum Gasteiger partial charge on any atom is -0.325 e. The number of nitro groups is 1. The van der Waals surface area contributed by atoms with E-state index in [9.17, 15) is 19.7 Å². The molecule has 0 fully saturated rings. The van der Waals surface area contributed by atoms with Gasteiger partial charge in [0.05, 0.1) is 22.6 Å². The Kier molecular flexibility index (Phi) is 6.46. The summed E-state index contributed by atoms with van der Waals surface area (Å²) in [5, 5.41) is 25.1. The largest absolute Gasteiger partial charge is 0.325 e. The van der Waals surface area contributed by atoms with Crippen LogP contribution in [-0.4, -0.2) is 26.9 Å². The number of carbonyl (C=O) groups is 2. The number of hydrogen-bond acceptors (Lipinski definition) is 7. The van der Waals surface area contributed by atoms with Crippen LogP contribution in [0.1, 0.15) is 15.9 Å². The van der Waals surface area contributed by atoms with Crippen molar-refractivity contribution >= 4 is 39.7 Å². The minimum absolute atomic E-state index is 0.0253. The maximum atomic E-state index is 12.8. The average Bonchev–Trinajstić information content (AvgIpc) is 3.28. The summed E-state index contributed by atoms with van der Waals surface area (Å²) in [6, 6.07) is 21.9. The number of nitrogens with one attached hydrogen (secondary N) is 2. The molecule has 4 aromatic rings. The van der Waals surface area contributed by atoms with Gasteiger partial charge in [0.25, 0.3) is 11.6 Å². The van der Waals surface area contributed by atoms with Crippen LogP contribution in [-0.2, 0) is 11.2 Å². The van der Waals surface area contributed by atoms with Gasteiger partial charge in [0.2, 0.25) is 11.0 Å². The summed E-state index contributed by atoms with van der Waals surface area (Å²) in [5.41, 5.74) is 2.15. The van der Waals surface area contributed by atoms with Crippen LogP contribution in [0.2, 0.25) is 0 Å². The number of nitrogens with zero attached hydrogens (tertiary/aromatic N) is 3. The van der Waals surface area contributed by atoms with Crippen LogP contribution in [0.15, 0.2) is 78.9 Å². The molecule has 9 nitrogen and oxygen atoms in total. The fraction of sp³-hybridized carbons (Fsp3) is 0.0435. The van der Waals surface area contributed by atoms with E-state index in [1.54, 1.807) is 36.4 Å². The molecule has 0 radical (unpaired) electrons. The van der Waals surface area contributed by atoms with Gasteiger partial charge in [0, 0.05) is 17.7 Å². The van der Waals surface area contributed by atoms with Gasteiger partial charge in [0.15, 0.2) is 0 Å². The van der Waals surface area contributed by atoms with E-state index in [4.69, 9.17) is 0 Å². The van der Waals surface area contributed by atoms with Crippen molar-refractivity contribution in [3.05, 3.63) is 100 Å². The first kappa shape index (κ1) is 21.8. The van der Waals surface area contributed by atoms with Crippen molar-refractivity contribution in [2.75, 3.05) is 10.6 Å². The summed E-state index contributed by atoms with van der Waals surface area (Å²) in [7, 11) is 0. The van der Waals surface area contributed by atoms with E-state index < -0.39 is 10.8 Å². The maximum absolute atomic E-state index is 12.8. The zero-order chi connectivity index (χ0) is 23.2. The Hall–Kier alpha value is -4.44. The van der Waals surface area contributed by atoms with E-state index in [0.29, 0.717) is 16.3 Å². The third-order valence-electron chi connectivity index (χ3n) is 4.62. The van der Waals surface area contributed by atoms with Crippen LogP contribution >= 0.6 is 11.3 Å². The van der Waals surface area contributed by atoms with E-state index in [1.165, 1.54) is 12.1 Å². The van der Waals surface area contributed by atoms with Crippen LogP contribution < -0.4 is 10.6 Å². The fourth-order valence-electron chi connectivity index (χ4n) is 3.05. The van der Waals surface area contributed by atoms with Crippen molar-refractivity contribution in [3.63, 3.8) is 0 Å². The Morgan fingerprint density at radius 2 is 1.58 bits per heavy atom. The molecule has 0 aliphatic heterocycles. The van der Waals surface area contributed by atoms with Gasteiger partial charge in [-0.2, -0.15) is 0 Å². The molecule has 4 rings (SSSR count). The second kappa shape index (κ2) is 9.79. The lowest BCUT2D eigenvalue weighted by Gasteiger charge is -2.10. The number of carbonyl (C=O) groups excluding carboxylic acids is 2. The van der Waals surface area contributed by atoms with Crippen LogP contribution in [0, 0.1) is 10.1 Å². The normalized spacial score (nSPS) is 10.4. The first-order chi connectivity index (χ1) is 16.0. The second-order valence-corrected chi connectivity index (χ2v) is 7.90. The molecule has 0 aliphatic rings. The van der Waals surface area contributed by atoms with Gasteiger partial charge >= 0.3 is 0 Å². The van der Waals surface area contributed by atoms with Gasteiger partial charge in [-0.15, -0.1) is 10.2 Å². The highest BCUT2D eigenvalue weighted by molar-refractivity contribution is 7.18. The molecule has 164 valence electrons. The predicted molar refractivity (Wildman–Crippen MR) is 125 cm³/mol. The molecule has 0 aliphatic carbocycles. The van der Waals surface area contributed by atoms with Crippen LogP contribution in [0.3, 0.4) is 0 Å². The molecule has 0 spiro atoms. The smallest absolute Gasteiger partial charge is 0.269 e. The lowest BCUT2D eigenvalue weighted by molar-refractivity contribution is -0.384. The van der Waals surface area contributed by atoms with E-state index in [2.05, 4.69) is 20.8 Å². The van der Waals surface area contributed by atoms with Gasteiger partial charge in [0.1, 0.15) is 5.01 Å². The Bertz CT molecular complexity index is 1310. The molecule has 0 saturated heterocycles. The minimum atomic E-state index is -0.481. The average molecular weight is 459 g/mol. The van der Waals surface area contributed by atoms with Crippen LogP contribution in [0.25, 0.3) is 10.6 Å². The number of benzene rings is 3. The number of anilines is 2. The quantitative estimate of drug-likeness (QED) is 0.308. The fourth-order valence-corrected chi connectivity index (χ4v) is 3.79. The van der Waals surface area contributed by atoms with Crippen molar-refractivity contribution in [2.24, 2.45) is 0 Å². The van der Waals surface area contributed by atoms with E-state index in [1.807, 2.05) is 30.3 Å². The van der Waals surface area contributed by atoms with Gasteiger partial charge in [-0.1, -0.05) is 53.8 Å². The molecule has 33 heavy (non-hydrogen) atoms. The number of para-hydroxylation sites is 1. The topological polar surface area (TPSA) is 127 Å². The predicted octanol–water partition coefficient (Wildman–Crippen LogP) is 4.55. The zero-order valence-electron chi connectivity index (χ0n) is 17.1. The molecular formula is C23H17N5O4S. The third-order valence-corrected chi connectivity index (χ3v) is 5.51. The SMILES string of the molecule is O=C(Cc1ccccc1)Nc1ccccc1C(=O)Nc1nnc(-c2ccc([N+](=O)[O-])cc2)s1. The molecule has 2 amide bonds. The van der Waals surface area contributed by atoms with E-state index in [-0.39, 0.29) is 28.7 Å². The summed E-state index contributed by atoms with van der Waals surface area (Å²) in [6.45, 7) is 0. The summed E-state index contributed by atoms with van der Waals surface area (Å²) in [6.07, 6.45) is 0.186. The maximum Gasteiger partial charge on any atom is 0.269 e. The molecule has 1 heterocycles. The van der Waals surface area contributed by atoms with Gasteiger partial charge < -0.3 is 5.32 Å². The highest BCUT2D eigenvalue weighted by atomic mass is 32.1. The first-order valence-corrected chi connectivity index (χ1v) is 10.6. The number of non-ortho nitro benzene ring substituents is 1. The lowest BCUT2D eigenvalue weighted by atomic mass is 10.1. The number of hydrogen-bond donors (Lipinski definition) is 2.